The van der Waals surface area contributed by atoms with Crippen LogP contribution in [0.25, 0.3) is 0 Å². The van der Waals surface area contributed by atoms with Crippen LogP contribution in [-0.4, -0.2) is 17.6 Å². The van der Waals surface area contributed by atoms with Crippen molar-refractivity contribution >= 4 is 17.6 Å². The van der Waals surface area contributed by atoms with Crippen LogP contribution in [0.5, 0.6) is 0 Å². The molecule has 0 saturated heterocycles. The van der Waals surface area contributed by atoms with Gasteiger partial charge in [0.1, 0.15) is 0 Å². The maximum atomic E-state index is 12.0. The average Bonchev–Trinajstić information content (AvgIpc) is 2.46. The summed E-state index contributed by atoms with van der Waals surface area (Å²) < 4.78 is 0. The lowest BCUT2D eigenvalue weighted by Crippen LogP contribution is -2.45. The zero-order chi connectivity index (χ0) is 13.1. The van der Waals surface area contributed by atoms with Crippen LogP contribution in [0.1, 0.15) is 31.2 Å². The Bertz CT molecular complexity index is 534. The molecule has 0 bridgehead atoms. The van der Waals surface area contributed by atoms with Gasteiger partial charge < -0.3 is 0 Å². The topological polar surface area (TPSA) is 53.8 Å². The molecule has 0 aromatic heterocycles. The van der Waals surface area contributed by atoms with Crippen LogP contribution in [-0.2, 0) is 11.3 Å². The first-order valence-corrected chi connectivity index (χ1v) is 6.79. The van der Waals surface area contributed by atoms with Gasteiger partial charge in [-0.15, -0.1) is 0 Å². The number of benzene rings is 1. The standard InChI is InChI=1S/C15H17N3O/c19-14-12-8-4-5-9-13(12)17-15(18-14)16-10-11-6-2-1-3-7-11/h1-3,6-7,12H,4-5,8-10H2,(H,16,18,19). The Balaban J connectivity index is 1.76. The molecule has 1 aliphatic carbocycles. The lowest BCUT2D eigenvalue weighted by Gasteiger charge is -2.27. The number of rotatable bonds is 2. The van der Waals surface area contributed by atoms with Gasteiger partial charge in [0, 0.05) is 5.71 Å². The van der Waals surface area contributed by atoms with Crippen molar-refractivity contribution in [2.24, 2.45) is 15.9 Å². The largest absolute Gasteiger partial charge is 0.294 e. The Morgan fingerprint density at radius 1 is 1.26 bits per heavy atom. The molecule has 1 saturated carbocycles. The van der Waals surface area contributed by atoms with Gasteiger partial charge in [0.15, 0.2) is 0 Å². The lowest BCUT2D eigenvalue weighted by molar-refractivity contribution is -0.122. The summed E-state index contributed by atoms with van der Waals surface area (Å²) in [5.74, 6) is 0.531. The van der Waals surface area contributed by atoms with E-state index in [4.69, 9.17) is 0 Å². The highest BCUT2D eigenvalue weighted by atomic mass is 16.2. The van der Waals surface area contributed by atoms with Gasteiger partial charge in [-0.25, -0.2) is 9.98 Å². The summed E-state index contributed by atoms with van der Waals surface area (Å²) in [6, 6.07) is 9.98. The van der Waals surface area contributed by atoms with Crippen LogP contribution in [0.15, 0.2) is 40.3 Å². The van der Waals surface area contributed by atoms with Crippen LogP contribution in [0.3, 0.4) is 0 Å². The van der Waals surface area contributed by atoms with E-state index < -0.39 is 0 Å². The second kappa shape index (κ2) is 5.34. The van der Waals surface area contributed by atoms with Gasteiger partial charge in [-0.2, -0.15) is 0 Å². The molecule has 1 N–H and O–H groups in total. The molecule has 1 atom stereocenters. The predicted octanol–water partition coefficient (Wildman–Crippen LogP) is 2.30. The van der Waals surface area contributed by atoms with Crippen molar-refractivity contribution in [3.63, 3.8) is 0 Å². The van der Waals surface area contributed by atoms with Gasteiger partial charge in [-0.05, 0) is 24.8 Å². The molecule has 2 aliphatic rings. The molecule has 1 amide bonds. The van der Waals surface area contributed by atoms with Crippen molar-refractivity contribution in [1.82, 2.24) is 5.32 Å². The maximum Gasteiger partial charge on any atom is 0.235 e. The summed E-state index contributed by atoms with van der Waals surface area (Å²) >= 11 is 0. The number of hydrogen-bond donors (Lipinski definition) is 1. The molecule has 1 unspecified atom stereocenters. The SMILES string of the molecule is O=C1NC(=NCc2ccccc2)N=C2CCCCC12. The predicted molar refractivity (Wildman–Crippen MR) is 75.1 cm³/mol. The second-order valence-corrected chi connectivity index (χ2v) is 5.02. The summed E-state index contributed by atoms with van der Waals surface area (Å²) in [5.41, 5.74) is 2.14. The van der Waals surface area contributed by atoms with E-state index in [0.717, 1.165) is 37.0 Å². The zero-order valence-corrected chi connectivity index (χ0v) is 10.8. The molecular formula is C15H17N3O. The first-order chi connectivity index (χ1) is 9.33. The van der Waals surface area contributed by atoms with Crippen LogP contribution in [0.2, 0.25) is 0 Å². The Labute approximate surface area is 112 Å². The van der Waals surface area contributed by atoms with Crippen molar-refractivity contribution < 1.29 is 4.79 Å². The molecule has 98 valence electrons. The summed E-state index contributed by atoms with van der Waals surface area (Å²) in [4.78, 5) is 20.9. The van der Waals surface area contributed by atoms with Crippen molar-refractivity contribution in [3.8, 4) is 0 Å². The van der Waals surface area contributed by atoms with E-state index in [1.165, 1.54) is 0 Å². The first-order valence-electron chi connectivity index (χ1n) is 6.79. The average molecular weight is 255 g/mol. The first kappa shape index (κ1) is 12.1. The zero-order valence-electron chi connectivity index (χ0n) is 10.8. The van der Waals surface area contributed by atoms with E-state index in [1.54, 1.807) is 0 Å². The maximum absolute atomic E-state index is 12.0. The van der Waals surface area contributed by atoms with Crippen molar-refractivity contribution in [2.45, 2.75) is 32.2 Å². The number of fused-ring (bicyclic) bond motifs is 1. The van der Waals surface area contributed by atoms with Gasteiger partial charge in [0.2, 0.25) is 11.9 Å². The third kappa shape index (κ3) is 2.72. The van der Waals surface area contributed by atoms with Crippen molar-refractivity contribution in [2.75, 3.05) is 0 Å². The van der Waals surface area contributed by atoms with Crippen LogP contribution < -0.4 is 5.32 Å². The summed E-state index contributed by atoms with van der Waals surface area (Å²) in [6.07, 6.45) is 4.11. The van der Waals surface area contributed by atoms with Gasteiger partial charge >= 0.3 is 0 Å². The number of carbonyl (C=O) groups is 1. The fourth-order valence-corrected chi connectivity index (χ4v) is 2.60. The smallest absolute Gasteiger partial charge is 0.235 e. The minimum absolute atomic E-state index is 0.00979. The highest BCUT2D eigenvalue weighted by molar-refractivity contribution is 6.17. The molecule has 0 spiro atoms. The van der Waals surface area contributed by atoms with E-state index >= 15 is 0 Å². The molecule has 0 radical (unpaired) electrons. The summed E-state index contributed by atoms with van der Waals surface area (Å²) in [5, 5.41) is 2.81. The molecular weight excluding hydrogens is 238 g/mol. The fraction of sp³-hybridized carbons (Fsp3) is 0.400. The van der Waals surface area contributed by atoms with Crippen molar-refractivity contribution in [3.05, 3.63) is 35.9 Å². The molecule has 1 heterocycles. The quantitative estimate of drug-likeness (QED) is 0.866. The lowest BCUT2D eigenvalue weighted by atomic mass is 9.86. The Hall–Kier alpha value is -1.97. The highest BCUT2D eigenvalue weighted by Crippen LogP contribution is 2.24. The van der Waals surface area contributed by atoms with Crippen LogP contribution >= 0.6 is 0 Å². The molecule has 19 heavy (non-hydrogen) atoms. The third-order valence-electron chi connectivity index (χ3n) is 3.63. The van der Waals surface area contributed by atoms with E-state index in [9.17, 15) is 4.79 Å². The molecule has 1 aliphatic heterocycles. The Morgan fingerprint density at radius 2 is 2.11 bits per heavy atom. The second-order valence-electron chi connectivity index (χ2n) is 5.02. The van der Waals surface area contributed by atoms with Gasteiger partial charge in [0.25, 0.3) is 0 Å². The molecule has 4 heteroatoms. The Kier molecular flexibility index (Phi) is 3.40. The number of nitrogens with zero attached hydrogens (tertiary/aromatic N) is 2. The molecule has 1 aromatic rings. The normalized spacial score (nSPS) is 24.6. The number of guanidine groups is 1. The molecule has 4 nitrogen and oxygen atoms in total. The van der Waals surface area contributed by atoms with Gasteiger partial charge in [0.05, 0.1) is 12.5 Å². The number of amides is 1. The minimum atomic E-state index is -0.00979. The van der Waals surface area contributed by atoms with E-state index in [2.05, 4.69) is 15.3 Å². The third-order valence-corrected chi connectivity index (χ3v) is 3.63. The van der Waals surface area contributed by atoms with E-state index in [1.807, 2.05) is 30.3 Å². The number of carbonyl (C=O) groups excluding carboxylic acids is 1. The molecule has 1 aromatic carbocycles. The number of nitrogens with one attached hydrogen (secondary N) is 1. The highest BCUT2D eigenvalue weighted by Gasteiger charge is 2.31. The summed E-state index contributed by atoms with van der Waals surface area (Å²) in [6.45, 7) is 0.553. The van der Waals surface area contributed by atoms with Crippen molar-refractivity contribution in [1.29, 1.82) is 0 Å². The van der Waals surface area contributed by atoms with Gasteiger partial charge in [-0.1, -0.05) is 36.8 Å². The number of aliphatic imine (C=N–C) groups is 2. The summed E-state index contributed by atoms with van der Waals surface area (Å²) in [7, 11) is 0. The molecule has 3 rings (SSSR count). The van der Waals surface area contributed by atoms with Crippen LogP contribution in [0.4, 0.5) is 0 Å². The van der Waals surface area contributed by atoms with E-state index in [-0.39, 0.29) is 11.8 Å². The van der Waals surface area contributed by atoms with Crippen LogP contribution in [0, 0.1) is 5.92 Å². The monoisotopic (exact) mass is 255 g/mol. The molecule has 1 fully saturated rings. The van der Waals surface area contributed by atoms with Gasteiger partial charge in [-0.3, -0.25) is 10.1 Å². The Morgan fingerprint density at radius 3 is 2.95 bits per heavy atom. The number of hydrogen-bond acceptors (Lipinski definition) is 2. The fourth-order valence-electron chi connectivity index (χ4n) is 2.60. The van der Waals surface area contributed by atoms with E-state index in [0.29, 0.717) is 12.5 Å². The minimum Gasteiger partial charge on any atom is -0.294 e.